The lowest BCUT2D eigenvalue weighted by molar-refractivity contribution is -0.132. The fraction of sp³-hybridized carbons (Fsp3) is 0.458. The van der Waals surface area contributed by atoms with Gasteiger partial charge in [-0.25, -0.2) is 0 Å². The van der Waals surface area contributed by atoms with Crippen molar-refractivity contribution in [2.45, 2.75) is 6.54 Å². The second-order valence-corrected chi connectivity index (χ2v) is 8.28. The quantitative estimate of drug-likeness (QED) is 0.766. The van der Waals surface area contributed by atoms with Gasteiger partial charge in [-0.1, -0.05) is 18.2 Å². The van der Waals surface area contributed by atoms with E-state index in [1.54, 1.807) is 12.1 Å². The SMILES string of the molecule is CN(CC(=O)N1CCN(c2ccc(O)cc2)CC1)Cc1ccccc1N1CCOCC1. The number of rotatable bonds is 6. The summed E-state index contributed by atoms with van der Waals surface area (Å²) in [6.07, 6.45) is 0. The van der Waals surface area contributed by atoms with Crippen LogP contribution >= 0.6 is 0 Å². The van der Waals surface area contributed by atoms with E-state index in [9.17, 15) is 9.90 Å². The Morgan fingerprint density at radius 3 is 2.32 bits per heavy atom. The topological polar surface area (TPSA) is 59.5 Å². The summed E-state index contributed by atoms with van der Waals surface area (Å²) >= 11 is 0. The van der Waals surface area contributed by atoms with Gasteiger partial charge in [-0.2, -0.15) is 0 Å². The van der Waals surface area contributed by atoms with Crippen LogP contribution in [0.15, 0.2) is 48.5 Å². The lowest BCUT2D eigenvalue weighted by Crippen LogP contribution is -2.51. The molecule has 4 rings (SSSR count). The van der Waals surface area contributed by atoms with Gasteiger partial charge in [-0.05, 0) is 42.9 Å². The van der Waals surface area contributed by atoms with Crippen molar-refractivity contribution >= 4 is 17.3 Å². The minimum Gasteiger partial charge on any atom is -0.508 e. The summed E-state index contributed by atoms with van der Waals surface area (Å²) in [5, 5.41) is 9.47. The number of hydrogen-bond donors (Lipinski definition) is 1. The zero-order valence-corrected chi connectivity index (χ0v) is 18.2. The number of likely N-dealkylation sites (N-methyl/N-ethyl adjacent to an activating group) is 1. The fourth-order valence-corrected chi connectivity index (χ4v) is 4.31. The number of hydrogen-bond acceptors (Lipinski definition) is 6. The zero-order valence-electron chi connectivity index (χ0n) is 18.2. The van der Waals surface area contributed by atoms with Crippen molar-refractivity contribution in [3.63, 3.8) is 0 Å². The molecule has 0 radical (unpaired) electrons. The summed E-state index contributed by atoms with van der Waals surface area (Å²) < 4.78 is 5.49. The Hall–Kier alpha value is -2.77. The number of ether oxygens (including phenoxy) is 1. The highest BCUT2D eigenvalue weighted by Crippen LogP contribution is 2.23. The van der Waals surface area contributed by atoms with Crippen molar-refractivity contribution in [1.29, 1.82) is 0 Å². The molecular formula is C24H32N4O3. The summed E-state index contributed by atoms with van der Waals surface area (Å²) in [4.78, 5) is 21.6. The molecule has 2 saturated heterocycles. The maximum absolute atomic E-state index is 12.9. The molecule has 0 aromatic heterocycles. The molecule has 7 nitrogen and oxygen atoms in total. The second-order valence-electron chi connectivity index (χ2n) is 8.28. The molecule has 2 fully saturated rings. The Kier molecular flexibility index (Phi) is 6.94. The van der Waals surface area contributed by atoms with Crippen LogP contribution in [-0.2, 0) is 16.1 Å². The number of carbonyl (C=O) groups is 1. The minimum atomic E-state index is 0.178. The number of anilines is 2. The number of nitrogens with zero attached hydrogens (tertiary/aromatic N) is 4. The Labute approximate surface area is 184 Å². The summed E-state index contributed by atoms with van der Waals surface area (Å²) in [6.45, 7) is 7.55. The maximum Gasteiger partial charge on any atom is 0.236 e. The first-order chi connectivity index (χ1) is 15.1. The third kappa shape index (κ3) is 5.48. The summed E-state index contributed by atoms with van der Waals surface area (Å²) in [5.41, 5.74) is 3.58. The normalized spacial score (nSPS) is 17.3. The van der Waals surface area contributed by atoms with Crippen molar-refractivity contribution in [3.8, 4) is 5.75 Å². The molecule has 0 unspecified atom stereocenters. The van der Waals surface area contributed by atoms with Gasteiger partial charge in [0, 0.05) is 57.2 Å². The lowest BCUT2D eigenvalue weighted by Gasteiger charge is -2.37. The molecule has 2 heterocycles. The Balaban J connectivity index is 1.29. The Morgan fingerprint density at radius 2 is 1.61 bits per heavy atom. The van der Waals surface area contributed by atoms with Gasteiger partial charge >= 0.3 is 0 Å². The van der Waals surface area contributed by atoms with Crippen LogP contribution in [0.25, 0.3) is 0 Å². The molecule has 1 amide bonds. The Morgan fingerprint density at radius 1 is 0.935 bits per heavy atom. The molecule has 2 aliphatic heterocycles. The maximum atomic E-state index is 12.9. The molecular weight excluding hydrogens is 392 g/mol. The third-order valence-corrected chi connectivity index (χ3v) is 6.04. The van der Waals surface area contributed by atoms with Crippen molar-refractivity contribution in [2.75, 3.05) is 75.9 Å². The smallest absolute Gasteiger partial charge is 0.236 e. The van der Waals surface area contributed by atoms with E-state index in [-0.39, 0.29) is 11.7 Å². The molecule has 0 atom stereocenters. The van der Waals surface area contributed by atoms with Gasteiger partial charge in [0.05, 0.1) is 19.8 Å². The van der Waals surface area contributed by atoms with Crippen LogP contribution in [0.4, 0.5) is 11.4 Å². The number of para-hydroxylation sites is 1. The fourth-order valence-electron chi connectivity index (χ4n) is 4.31. The number of morpholine rings is 1. The molecule has 0 saturated carbocycles. The van der Waals surface area contributed by atoms with E-state index in [4.69, 9.17) is 4.74 Å². The highest BCUT2D eigenvalue weighted by atomic mass is 16.5. The number of aromatic hydroxyl groups is 1. The van der Waals surface area contributed by atoms with Crippen LogP contribution < -0.4 is 9.80 Å². The molecule has 31 heavy (non-hydrogen) atoms. The lowest BCUT2D eigenvalue weighted by atomic mass is 10.1. The highest BCUT2D eigenvalue weighted by molar-refractivity contribution is 5.78. The molecule has 166 valence electrons. The number of amides is 1. The van der Waals surface area contributed by atoms with Crippen LogP contribution in [0, 0.1) is 0 Å². The van der Waals surface area contributed by atoms with E-state index in [1.807, 2.05) is 24.1 Å². The van der Waals surface area contributed by atoms with Crippen LogP contribution in [0.3, 0.4) is 0 Å². The molecule has 0 aliphatic carbocycles. The summed E-state index contributed by atoms with van der Waals surface area (Å²) in [5.74, 6) is 0.451. The number of carbonyl (C=O) groups excluding carboxylic acids is 1. The van der Waals surface area contributed by atoms with E-state index in [2.05, 4.69) is 39.0 Å². The minimum absolute atomic E-state index is 0.178. The zero-order chi connectivity index (χ0) is 21.6. The van der Waals surface area contributed by atoms with Crippen LogP contribution in [0.5, 0.6) is 5.75 Å². The van der Waals surface area contributed by atoms with Crippen LogP contribution in [0.1, 0.15) is 5.56 Å². The van der Waals surface area contributed by atoms with Crippen molar-refractivity contribution < 1.29 is 14.6 Å². The van der Waals surface area contributed by atoms with E-state index < -0.39 is 0 Å². The molecule has 2 aromatic rings. The van der Waals surface area contributed by atoms with Crippen molar-refractivity contribution in [1.82, 2.24) is 9.80 Å². The average molecular weight is 425 g/mol. The summed E-state index contributed by atoms with van der Waals surface area (Å²) in [7, 11) is 2.01. The van der Waals surface area contributed by atoms with Gasteiger partial charge in [0.2, 0.25) is 5.91 Å². The molecule has 0 spiro atoms. The number of benzene rings is 2. The number of phenols is 1. The van der Waals surface area contributed by atoms with E-state index in [0.717, 1.165) is 64.7 Å². The molecule has 7 heteroatoms. The van der Waals surface area contributed by atoms with E-state index in [0.29, 0.717) is 6.54 Å². The monoisotopic (exact) mass is 424 g/mol. The van der Waals surface area contributed by atoms with Gasteiger partial charge in [0.1, 0.15) is 5.75 Å². The van der Waals surface area contributed by atoms with Gasteiger partial charge in [-0.15, -0.1) is 0 Å². The predicted molar refractivity (Wildman–Crippen MR) is 123 cm³/mol. The number of piperazine rings is 1. The predicted octanol–water partition coefficient (Wildman–Crippen LogP) is 2.01. The molecule has 0 bridgehead atoms. The molecule has 2 aliphatic rings. The van der Waals surface area contributed by atoms with E-state index >= 15 is 0 Å². The standard InChI is InChI=1S/C24H32N4O3/c1-25(18-20-4-2-3-5-23(20)27-14-16-31-17-15-27)19-24(30)28-12-10-26(11-13-28)21-6-8-22(29)9-7-21/h2-9,29H,10-19H2,1H3. The largest absolute Gasteiger partial charge is 0.508 e. The van der Waals surface area contributed by atoms with Gasteiger partial charge in [0.25, 0.3) is 0 Å². The first kappa shape index (κ1) is 21.5. The van der Waals surface area contributed by atoms with Gasteiger partial charge in [-0.3, -0.25) is 9.69 Å². The Bertz CT molecular complexity index is 859. The third-order valence-electron chi connectivity index (χ3n) is 6.04. The van der Waals surface area contributed by atoms with E-state index in [1.165, 1.54) is 11.3 Å². The van der Waals surface area contributed by atoms with Crippen molar-refractivity contribution in [3.05, 3.63) is 54.1 Å². The summed E-state index contributed by atoms with van der Waals surface area (Å²) in [6, 6.07) is 15.7. The first-order valence-electron chi connectivity index (χ1n) is 11.0. The first-order valence-corrected chi connectivity index (χ1v) is 11.0. The average Bonchev–Trinajstić information content (AvgIpc) is 2.80. The van der Waals surface area contributed by atoms with Gasteiger partial charge in [0.15, 0.2) is 0 Å². The van der Waals surface area contributed by atoms with Crippen molar-refractivity contribution in [2.24, 2.45) is 0 Å². The highest BCUT2D eigenvalue weighted by Gasteiger charge is 2.23. The van der Waals surface area contributed by atoms with Gasteiger partial charge < -0.3 is 24.5 Å². The second kappa shape index (κ2) is 10.0. The molecule has 1 N–H and O–H groups in total. The van der Waals surface area contributed by atoms with Crippen LogP contribution in [-0.4, -0.2) is 86.9 Å². The van der Waals surface area contributed by atoms with Crippen LogP contribution in [0.2, 0.25) is 0 Å². The number of phenolic OH excluding ortho intramolecular Hbond substituents is 1. The molecule has 2 aromatic carbocycles.